The highest BCUT2D eigenvalue weighted by Gasteiger charge is 2.37. The summed E-state index contributed by atoms with van der Waals surface area (Å²) in [6.45, 7) is 8.55. The number of fused-ring (bicyclic) bond motifs is 3. The standard InChI is InChI=1S/C30H35N5O4/c1-30(2,3)39-29(36)35(16-19-5-6-19)23-11-12-34(17-23)26-10-9-25-24-8-7-20(13-22(24)18-38-28(25)32-26)21-14-27(37-4)33-31-15-21/h7-10,13-15,19,23H,5-6,11-12,16-18H2,1-4H3. The average molecular weight is 530 g/mol. The molecule has 1 unspecified atom stereocenters. The molecule has 39 heavy (non-hydrogen) atoms. The summed E-state index contributed by atoms with van der Waals surface area (Å²) in [7, 11) is 1.58. The molecular weight excluding hydrogens is 494 g/mol. The third-order valence-corrected chi connectivity index (χ3v) is 7.49. The molecule has 3 aromatic rings. The van der Waals surface area contributed by atoms with Crippen molar-refractivity contribution in [1.82, 2.24) is 20.1 Å². The highest BCUT2D eigenvalue weighted by atomic mass is 16.6. The monoisotopic (exact) mass is 529 g/mol. The first kappa shape index (κ1) is 25.4. The average Bonchev–Trinajstić information content (AvgIpc) is 3.63. The minimum absolute atomic E-state index is 0.111. The van der Waals surface area contributed by atoms with Gasteiger partial charge in [0, 0.05) is 36.8 Å². The third kappa shape index (κ3) is 5.48. The first-order valence-corrected chi connectivity index (χ1v) is 13.7. The van der Waals surface area contributed by atoms with Gasteiger partial charge in [-0.3, -0.25) is 0 Å². The van der Waals surface area contributed by atoms with Crippen molar-refractivity contribution in [2.45, 2.75) is 58.3 Å². The molecule has 1 atom stereocenters. The molecule has 1 saturated carbocycles. The van der Waals surface area contributed by atoms with Crippen LogP contribution in [0.25, 0.3) is 22.3 Å². The lowest BCUT2D eigenvalue weighted by molar-refractivity contribution is 0.0167. The minimum Gasteiger partial charge on any atom is -0.480 e. The molecule has 0 radical (unpaired) electrons. The number of nitrogens with zero attached hydrogens (tertiary/aromatic N) is 5. The number of anilines is 1. The molecule has 0 N–H and O–H groups in total. The van der Waals surface area contributed by atoms with Crippen LogP contribution in [0.15, 0.2) is 42.6 Å². The van der Waals surface area contributed by atoms with E-state index in [1.54, 1.807) is 13.3 Å². The Morgan fingerprint density at radius 3 is 2.69 bits per heavy atom. The van der Waals surface area contributed by atoms with Gasteiger partial charge in [0.1, 0.15) is 18.0 Å². The molecule has 1 amide bonds. The molecule has 204 valence electrons. The Labute approximate surface area is 229 Å². The fourth-order valence-electron chi connectivity index (χ4n) is 5.30. The van der Waals surface area contributed by atoms with Crippen molar-refractivity contribution < 1.29 is 19.0 Å². The smallest absolute Gasteiger partial charge is 0.410 e. The number of amides is 1. The molecule has 0 bridgehead atoms. The molecule has 2 fully saturated rings. The molecule has 1 saturated heterocycles. The number of pyridine rings is 1. The van der Waals surface area contributed by atoms with E-state index < -0.39 is 5.60 Å². The number of benzene rings is 1. The molecule has 9 heteroatoms. The van der Waals surface area contributed by atoms with Crippen LogP contribution in [-0.2, 0) is 11.3 Å². The molecule has 9 nitrogen and oxygen atoms in total. The Morgan fingerprint density at radius 2 is 1.92 bits per heavy atom. The van der Waals surface area contributed by atoms with Crippen LogP contribution < -0.4 is 14.4 Å². The summed E-state index contributed by atoms with van der Waals surface area (Å²) < 4.78 is 17.1. The number of carbonyl (C=O) groups is 1. The zero-order valence-corrected chi connectivity index (χ0v) is 23.0. The van der Waals surface area contributed by atoms with Gasteiger partial charge in [0.25, 0.3) is 0 Å². The van der Waals surface area contributed by atoms with Crippen LogP contribution in [0.5, 0.6) is 11.8 Å². The number of rotatable bonds is 6. The van der Waals surface area contributed by atoms with Crippen LogP contribution >= 0.6 is 0 Å². The lowest BCUT2D eigenvalue weighted by Crippen LogP contribution is -2.45. The quantitative estimate of drug-likeness (QED) is 0.423. The zero-order valence-electron chi connectivity index (χ0n) is 23.0. The summed E-state index contributed by atoms with van der Waals surface area (Å²) in [5, 5.41) is 7.99. The van der Waals surface area contributed by atoms with E-state index in [1.807, 2.05) is 31.7 Å². The maximum Gasteiger partial charge on any atom is 0.410 e. The van der Waals surface area contributed by atoms with Gasteiger partial charge in [0.2, 0.25) is 11.8 Å². The van der Waals surface area contributed by atoms with Crippen molar-refractivity contribution >= 4 is 11.9 Å². The van der Waals surface area contributed by atoms with Crippen LogP contribution in [0.2, 0.25) is 0 Å². The van der Waals surface area contributed by atoms with Gasteiger partial charge in [-0.2, -0.15) is 10.1 Å². The van der Waals surface area contributed by atoms with Crippen LogP contribution in [0.1, 0.15) is 45.6 Å². The Hall–Kier alpha value is -3.88. The minimum atomic E-state index is -0.506. The maximum atomic E-state index is 13.0. The van der Waals surface area contributed by atoms with Gasteiger partial charge >= 0.3 is 6.09 Å². The van der Waals surface area contributed by atoms with E-state index >= 15 is 0 Å². The number of methoxy groups -OCH3 is 1. The second kappa shape index (κ2) is 10.0. The highest BCUT2D eigenvalue weighted by molar-refractivity contribution is 5.78. The Bertz CT molecular complexity index is 1380. The molecule has 3 aliphatic rings. The second-order valence-corrected chi connectivity index (χ2v) is 11.6. The van der Waals surface area contributed by atoms with Gasteiger partial charge in [0.05, 0.1) is 19.3 Å². The number of ether oxygens (including phenoxy) is 3. The molecular formula is C30H35N5O4. The molecule has 1 aliphatic carbocycles. The van der Waals surface area contributed by atoms with Gasteiger partial charge in [0.15, 0.2) is 0 Å². The predicted octanol–water partition coefficient (Wildman–Crippen LogP) is 5.33. The lowest BCUT2D eigenvalue weighted by Gasteiger charge is -2.32. The van der Waals surface area contributed by atoms with Crippen molar-refractivity contribution in [2.24, 2.45) is 5.92 Å². The summed E-state index contributed by atoms with van der Waals surface area (Å²) in [6.07, 6.45) is 4.80. The number of hydrogen-bond acceptors (Lipinski definition) is 8. The van der Waals surface area contributed by atoms with Gasteiger partial charge in [-0.15, -0.1) is 5.10 Å². The number of aromatic nitrogens is 3. The van der Waals surface area contributed by atoms with E-state index in [4.69, 9.17) is 19.2 Å². The first-order chi connectivity index (χ1) is 18.8. The SMILES string of the molecule is COc1cc(-c2ccc3c(c2)COc2nc(N4CCC(N(CC5CC5)C(=O)OC(C)(C)C)C4)ccc2-3)cnn1. The van der Waals surface area contributed by atoms with Crippen molar-refractivity contribution in [2.75, 3.05) is 31.6 Å². The number of carbonyl (C=O) groups excluding carboxylic acids is 1. The van der Waals surface area contributed by atoms with E-state index in [9.17, 15) is 4.79 Å². The van der Waals surface area contributed by atoms with Gasteiger partial charge in [-0.1, -0.05) is 12.1 Å². The molecule has 6 rings (SSSR count). The molecule has 2 aliphatic heterocycles. The van der Waals surface area contributed by atoms with Crippen molar-refractivity contribution in [3.63, 3.8) is 0 Å². The number of hydrogen-bond donors (Lipinski definition) is 0. The summed E-state index contributed by atoms with van der Waals surface area (Å²) in [5.41, 5.74) is 4.66. The zero-order chi connectivity index (χ0) is 27.1. The van der Waals surface area contributed by atoms with Gasteiger partial charge < -0.3 is 24.0 Å². The van der Waals surface area contributed by atoms with Crippen LogP contribution in [-0.4, -0.2) is 64.6 Å². The third-order valence-electron chi connectivity index (χ3n) is 7.49. The Kier molecular flexibility index (Phi) is 6.53. The van der Waals surface area contributed by atoms with Crippen LogP contribution in [0.3, 0.4) is 0 Å². The van der Waals surface area contributed by atoms with Crippen molar-refractivity contribution in [1.29, 1.82) is 0 Å². The van der Waals surface area contributed by atoms with Crippen LogP contribution in [0.4, 0.5) is 10.6 Å². The van der Waals surface area contributed by atoms with Gasteiger partial charge in [-0.25, -0.2) is 4.79 Å². The Morgan fingerprint density at radius 1 is 1.10 bits per heavy atom. The first-order valence-electron chi connectivity index (χ1n) is 13.7. The maximum absolute atomic E-state index is 13.0. The Balaban J connectivity index is 1.19. The fourth-order valence-corrected chi connectivity index (χ4v) is 5.30. The largest absolute Gasteiger partial charge is 0.480 e. The lowest BCUT2D eigenvalue weighted by atomic mass is 9.95. The molecule has 4 heterocycles. The van der Waals surface area contributed by atoms with Gasteiger partial charge in [-0.05, 0) is 80.8 Å². The summed E-state index contributed by atoms with van der Waals surface area (Å²) in [5.74, 6) is 2.60. The fraction of sp³-hybridized carbons (Fsp3) is 0.467. The molecule has 2 aromatic heterocycles. The van der Waals surface area contributed by atoms with Crippen molar-refractivity contribution in [3.8, 4) is 34.0 Å². The van der Waals surface area contributed by atoms with E-state index in [2.05, 4.69) is 45.4 Å². The molecule has 1 aromatic carbocycles. The van der Waals surface area contributed by atoms with Crippen LogP contribution in [0, 0.1) is 5.92 Å². The highest BCUT2D eigenvalue weighted by Crippen LogP contribution is 2.40. The van der Waals surface area contributed by atoms with E-state index in [0.717, 1.165) is 59.7 Å². The summed E-state index contributed by atoms with van der Waals surface area (Å²) >= 11 is 0. The summed E-state index contributed by atoms with van der Waals surface area (Å²) in [6, 6.07) is 12.5. The van der Waals surface area contributed by atoms with E-state index in [-0.39, 0.29) is 12.1 Å². The molecule has 0 spiro atoms. The normalized spacial score (nSPS) is 18.2. The van der Waals surface area contributed by atoms with E-state index in [1.165, 1.54) is 12.8 Å². The summed E-state index contributed by atoms with van der Waals surface area (Å²) in [4.78, 5) is 22.2. The van der Waals surface area contributed by atoms with E-state index in [0.29, 0.717) is 24.3 Å². The predicted molar refractivity (Wildman–Crippen MR) is 148 cm³/mol. The topological polar surface area (TPSA) is 89.9 Å². The second-order valence-electron chi connectivity index (χ2n) is 11.6. The van der Waals surface area contributed by atoms with Crippen molar-refractivity contribution in [3.05, 3.63) is 48.2 Å².